The van der Waals surface area contributed by atoms with Crippen molar-refractivity contribution in [2.24, 2.45) is 29.6 Å². The standard InChI is InChI=1S/C19H22O5/c1-9-4-15-13(18(9)22)3-2-10-5-11(20)6-12-7-17(21)16(8-14(10)15)19(23)24-12/h2-3,8-15,20H,4-7H2,1H3/b16-8+/t9-,10+,11-,12-,13-,14-,15+/m1/s1. The van der Waals surface area contributed by atoms with Crippen LogP contribution < -0.4 is 0 Å². The van der Waals surface area contributed by atoms with Crippen LogP contribution >= 0.6 is 0 Å². The van der Waals surface area contributed by atoms with Gasteiger partial charge in [-0.15, -0.1) is 0 Å². The third-order valence-corrected chi connectivity index (χ3v) is 6.10. The molecule has 1 saturated heterocycles. The fourth-order valence-electron chi connectivity index (χ4n) is 4.92. The number of ketones is 2. The van der Waals surface area contributed by atoms with Gasteiger partial charge in [0.1, 0.15) is 11.9 Å². The highest BCUT2D eigenvalue weighted by molar-refractivity contribution is 6.18. The van der Waals surface area contributed by atoms with Crippen LogP contribution in [0.3, 0.4) is 0 Å². The predicted molar refractivity (Wildman–Crippen MR) is 84.7 cm³/mol. The molecule has 0 aromatic rings. The van der Waals surface area contributed by atoms with E-state index < -0.39 is 18.2 Å². The normalized spacial score (nSPS) is 46.8. The molecule has 5 rings (SSSR count). The summed E-state index contributed by atoms with van der Waals surface area (Å²) in [7, 11) is 0. The first-order chi connectivity index (χ1) is 11.4. The number of hydrogen-bond donors (Lipinski definition) is 1. The van der Waals surface area contributed by atoms with E-state index in [1.165, 1.54) is 0 Å². The van der Waals surface area contributed by atoms with Gasteiger partial charge in [0.15, 0.2) is 5.78 Å². The smallest absolute Gasteiger partial charge is 0.341 e. The molecule has 24 heavy (non-hydrogen) atoms. The van der Waals surface area contributed by atoms with Crippen LogP contribution in [0.4, 0.5) is 0 Å². The van der Waals surface area contributed by atoms with Crippen molar-refractivity contribution in [2.45, 2.75) is 44.8 Å². The van der Waals surface area contributed by atoms with Gasteiger partial charge >= 0.3 is 5.97 Å². The largest absolute Gasteiger partial charge is 0.458 e. The maximum atomic E-state index is 12.4. The van der Waals surface area contributed by atoms with Crippen molar-refractivity contribution in [3.05, 3.63) is 23.8 Å². The van der Waals surface area contributed by atoms with E-state index in [-0.39, 0.29) is 53.1 Å². The molecule has 0 unspecified atom stereocenters. The second kappa shape index (κ2) is 5.66. The molecule has 1 saturated carbocycles. The number of allylic oxidation sites excluding steroid dienone is 3. The molecule has 1 N–H and O–H groups in total. The molecule has 2 heterocycles. The van der Waals surface area contributed by atoms with Gasteiger partial charge in [0.2, 0.25) is 0 Å². The number of hydrogen-bond acceptors (Lipinski definition) is 5. The first-order valence-corrected chi connectivity index (χ1v) is 8.80. The van der Waals surface area contributed by atoms with Crippen LogP contribution in [0.1, 0.15) is 32.6 Å². The van der Waals surface area contributed by atoms with E-state index in [4.69, 9.17) is 4.74 Å². The van der Waals surface area contributed by atoms with Crippen molar-refractivity contribution in [3.63, 3.8) is 0 Å². The van der Waals surface area contributed by atoms with Gasteiger partial charge in [0.25, 0.3) is 0 Å². The van der Waals surface area contributed by atoms with Gasteiger partial charge in [-0.1, -0.05) is 25.2 Å². The van der Waals surface area contributed by atoms with Gasteiger partial charge in [0, 0.05) is 24.7 Å². The summed E-state index contributed by atoms with van der Waals surface area (Å²) in [6.45, 7) is 1.94. The highest BCUT2D eigenvalue weighted by Gasteiger charge is 2.47. The lowest BCUT2D eigenvalue weighted by Gasteiger charge is -2.37. The molecule has 5 heteroatoms. The summed E-state index contributed by atoms with van der Waals surface area (Å²) in [5.41, 5.74) is 0.138. The second-order valence-corrected chi connectivity index (χ2v) is 7.72. The fraction of sp³-hybridized carbons (Fsp3) is 0.632. The molecular weight excluding hydrogens is 308 g/mol. The molecule has 5 aliphatic rings. The predicted octanol–water partition coefficient (Wildman–Crippen LogP) is 1.60. The molecule has 0 amide bonds. The van der Waals surface area contributed by atoms with Gasteiger partial charge in [-0.2, -0.15) is 0 Å². The van der Waals surface area contributed by atoms with Crippen LogP contribution in [0.25, 0.3) is 0 Å². The number of Topliss-reactive ketones (excluding diaryl/α,β-unsaturated/α-hetero) is 2. The minimum absolute atomic E-state index is 0.000480. The number of ether oxygens (including phenoxy) is 1. The molecule has 0 aromatic heterocycles. The Balaban J connectivity index is 1.77. The monoisotopic (exact) mass is 330 g/mol. The fourth-order valence-corrected chi connectivity index (χ4v) is 4.92. The molecular formula is C19H22O5. The number of esters is 1. The number of aliphatic hydroxyl groups excluding tert-OH is 1. The number of carbonyl (C=O) groups is 3. The summed E-state index contributed by atoms with van der Waals surface area (Å²) in [6.07, 6.45) is 6.36. The van der Waals surface area contributed by atoms with E-state index in [1.807, 2.05) is 19.1 Å². The quantitative estimate of drug-likeness (QED) is 0.414. The Labute approximate surface area is 140 Å². The highest BCUT2D eigenvalue weighted by Crippen LogP contribution is 2.47. The SMILES string of the molecule is C[C@@H]1C[C@@H]2[C@@H]3/C=C4\C(=O)C[C@@H](C[C@H](O)C[C@@H]3C=C[C@H]2C1=O)OC4=O. The molecule has 0 radical (unpaired) electrons. The molecule has 0 spiro atoms. The average molecular weight is 330 g/mol. The zero-order chi connectivity index (χ0) is 17.0. The Bertz CT molecular complexity index is 641. The third-order valence-electron chi connectivity index (χ3n) is 6.10. The summed E-state index contributed by atoms with van der Waals surface area (Å²) in [5.74, 6) is -0.610. The summed E-state index contributed by atoms with van der Waals surface area (Å²) in [4.78, 5) is 37.0. The van der Waals surface area contributed by atoms with Gasteiger partial charge in [-0.05, 0) is 30.6 Å². The molecule has 128 valence electrons. The Kier molecular flexibility index (Phi) is 3.71. The zero-order valence-corrected chi connectivity index (χ0v) is 13.7. The van der Waals surface area contributed by atoms with E-state index in [1.54, 1.807) is 6.08 Å². The topological polar surface area (TPSA) is 80.7 Å². The molecule has 2 fully saturated rings. The Morgan fingerprint density at radius 1 is 1.12 bits per heavy atom. The van der Waals surface area contributed by atoms with Crippen molar-refractivity contribution in [3.8, 4) is 0 Å². The first-order valence-electron chi connectivity index (χ1n) is 8.80. The molecule has 0 aromatic carbocycles. The Hall–Kier alpha value is -1.75. The van der Waals surface area contributed by atoms with E-state index in [0.29, 0.717) is 12.8 Å². The average Bonchev–Trinajstić information content (AvgIpc) is 2.79. The van der Waals surface area contributed by atoms with Crippen molar-refractivity contribution in [1.82, 2.24) is 0 Å². The number of aliphatic hydroxyl groups is 1. The summed E-state index contributed by atoms with van der Waals surface area (Å²) in [6, 6.07) is 0. The molecule has 5 nitrogen and oxygen atoms in total. The third kappa shape index (κ3) is 2.46. The minimum atomic E-state index is -0.619. The van der Waals surface area contributed by atoms with Crippen molar-refractivity contribution >= 4 is 17.5 Å². The molecule has 2 aliphatic heterocycles. The van der Waals surface area contributed by atoms with Crippen molar-refractivity contribution < 1.29 is 24.2 Å². The van der Waals surface area contributed by atoms with Crippen molar-refractivity contribution in [1.29, 1.82) is 0 Å². The maximum absolute atomic E-state index is 12.4. The highest BCUT2D eigenvalue weighted by atomic mass is 16.5. The summed E-state index contributed by atoms with van der Waals surface area (Å²) < 4.78 is 5.33. The second-order valence-electron chi connectivity index (χ2n) is 7.72. The van der Waals surface area contributed by atoms with E-state index in [9.17, 15) is 19.5 Å². The maximum Gasteiger partial charge on any atom is 0.341 e. The van der Waals surface area contributed by atoms with Gasteiger partial charge in [-0.3, -0.25) is 9.59 Å². The lowest BCUT2D eigenvalue weighted by atomic mass is 9.68. The lowest BCUT2D eigenvalue weighted by Crippen LogP contribution is -2.39. The molecule has 2 bridgehead atoms. The van der Waals surface area contributed by atoms with Crippen molar-refractivity contribution in [2.75, 3.05) is 0 Å². The minimum Gasteiger partial charge on any atom is -0.458 e. The Morgan fingerprint density at radius 2 is 1.92 bits per heavy atom. The van der Waals surface area contributed by atoms with E-state index in [2.05, 4.69) is 0 Å². The van der Waals surface area contributed by atoms with Crippen LogP contribution in [0, 0.1) is 29.6 Å². The zero-order valence-electron chi connectivity index (χ0n) is 13.7. The molecule has 3 aliphatic carbocycles. The van der Waals surface area contributed by atoms with E-state index >= 15 is 0 Å². The van der Waals surface area contributed by atoms with Crippen LogP contribution in [-0.2, 0) is 19.1 Å². The van der Waals surface area contributed by atoms with Gasteiger partial charge in [-0.25, -0.2) is 4.79 Å². The number of carbonyl (C=O) groups excluding carboxylic acids is 3. The van der Waals surface area contributed by atoms with Crippen LogP contribution in [-0.4, -0.2) is 34.9 Å². The first kappa shape index (κ1) is 15.8. The number of rotatable bonds is 0. The van der Waals surface area contributed by atoms with Crippen LogP contribution in [0.2, 0.25) is 0 Å². The van der Waals surface area contributed by atoms with E-state index in [0.717, 1.165) is 6.42 Å². The van der Waals surface area contributed by atoms with Gasteiger partial charge in [0.05, 0.1) is 11.7 Å². The molecule has 7 atom stereocenters. The number of fused-ring (bicyclic) bond motifs is 5. The lowest BCUT2D eigenvalue weighted by molar-refractivity contribution is -0.153. The van der Waals surface area contributed by atoms with Crippen LogP contribution in [0.5, 0.6) is 0 Å². The summed E-state index contributed by atoms with van der Waals surface area (Å²) in [5, 5.41) is 10.4. The van der Waals surface area contributed by atoms with Gasteiger partial charge < -0.3 is 9.84 Å². The van der Waals surface area contributed by atoms with Crippen LogP contribution in [0.15, 0.2) is 23.8 Å². The Morgan fingerprint density at radius 3 is 2.67 bits per heavy atom. The summed E-state index contributed by atoms with van der Waals surface area (Å²) >= 11 is 0.